The zero-order valence-electron chi connectivity index (χ0n) is 10.1. The highest BCUT2D eigenvalue weighted by Crippen LogP contribution is 2.18. The van der Waals surface area contributed by atoms with Gasteiger partial charge in [0, 0.05) is 17.3 Å². The largest absolute Gasteiger partial charge is 0.507 e. The molecule has 0 aromatic heterocycles. The lowest BCUT2D eigenvalue weighted by molar-refractivity contribution is 0.474. The number of phenolic OH excluding ortho intramolecular Hbond substituents is 1. The molecule has 0 unspecified atom stereocenters. The van der Waals surface area contributed by atoms with Crippen molar-refractivity contribution in [3.63, 3.8) is 0 Å². The van der Waals surface area contributed by atoms with Crippen LogP contribution in [0.5, 0.6) is 5.75 Å². The molecule has 2 heteroatoms. The molecule has 0 saturated heterocycles. The second kappa shape index (κ2) is 5.20. The molecule has 0 aliphatic heterocycles. The fraction of sp³-hybridized carbons (Fsp3) is 0.0625. The molecule has 0 saturated carbocycles. The first kappa shape index (κ1) is 11.9. The van der Waals surface area contributed by atoms with Crippen molar-refractivity contribution in [2.75, 3.05) is 0 Å². The van der Waals surface area contributed by atoms with Crippen LogP contribution in [0, 0.1) is 19.3 Å². The first-order chi connectivity index (χ1) is 8.69. The van der Waals surface area contributed by atoms with Crippen molar-refractivity contribution in [2.45, 2.75) is 6.92 Å². The maximum absolute atomic E-state index is 9.69. The lowest BCUT2D eigenvalue weighted by Crippen LogP contribution is -1.84. The van der Waals surface area contributed by atoms with Crippen LogP contribution in [0.25, 0.3) is 0 Å². The smallest absolute Gasteiger partial charge is 0.124 e. The molecule has 2 rings (SSSR count). The molecule has 18 heavy (non-hydrogen) atoms. The van der Waals surface area contributed by atoms with E-state index in [2.05, 4.69) is 10.9 Å². The second-order valence-electron chi connectivity index (χ2n) is 4.02. The number of aliphatic imine (C=N–C) groups is 1. The van der Waals surface area contributed by atoms with Crippen LogP contribution in [0.3, 0.4) is 0 Å². The van der Waals surface area contributed by atoms with Crippen molar-refractivity contribution >= 4 is 11.9 Å². The van der Waals surface area contributed by atoms with Crippen molar-refractivity contribution in [1.29, 1.82) is 0 Å². The highest BCUT2D eigenvalue weighted by molar-refractivity contribution is 5.85. The molecular formula is C16H13NO. The van der Waals surface area contributed by atoms with Crippen molar-refractivity contribution in [1.82, 2.24) is 0 Å². The van der Waals surface area contributed by atoms with E-state index < -0.39 is 0 Å². The Hall–Kier alpha value is -2.53. The van der Waals surface area contributed by atoms with Gasteiger partial charge in [-0.1, -0.05) is 23.6 Å². The quantitative estimate of drug-likeness (QED) is 0.627. The zero-order valence-corrected chi connectivity index (χ0v) is 10.1. The Balaban J connectivity index is 2.30. The van der Waals surface area contributed by atoms with Crippen LogP contribution in [0.4, 0.5) is 5.69 Å². The number of hydrogen-bond acceptors (Lipinski definition) is 2. The van der Waals surface area contributed by atoms with E-state index in [9.17, 15) is 5.11 Å². The lowest BCUT2D eigenvalue weighted by atomic mass is 10.1. The maximum Gasteiger partial charge on any atom is 0.124 e. The Bertz CT molecular complexity index is 636. The van der Waals surface area contributed by atoms with E-state index in [4.69, 9.17) is 6.42 Å². The fourth-order valence-corrected chi connectivity index (χ4v) is 1.60. The van der Waals surface area contributed by atoms with Gasteiger partial charge in [0.2, 0.25) is 0 Å². The van der Waals surface area contributed by atoms with Gasteiger partial charge >= 0.3 is 0 Å². The Morgan fingerprint density at radius 1 is 1.22 bits per heavy atom. The van der Waals surface area contributed by atoms with E-state index >= 15 is 0 Å². The second-order valence-corrected chi connectivity index (χ2v) is 4.02. The monoisotopic (exact) mass is 235 g/mol. The molecule has 2 aromatic rings. The summed E-state index contributed by atoms with van der Waals surface area (Å²) >= 11 is 0. The van der Waals surface area contributed by atoms with Gasteiger partial charge in [0.15, 0.2) is 0 Å². The van der Waals surface area contributed by atoms with Gasteiger partial charge in [0.05, 0.1) is 5.69 Å². The summed E-state index contributed by atoms with van der Waals surface area (Å²) < 4.78 is 0. The number of rotatable bonds is 2. The summed E-state index contributed by atoms with van der Waals surface area (Å²) in [7, 11) is 0. The maximum atomic E-state index is 9.69. The molecule has 0 bridgehead atoms. The molecular weight excluding hydrogens is 222 g/mol. The summed E-state index contributed by atoms with van der Waals surface area (Å²) in [4.78, 5) is 4.31. The molecule has 0 fully saturated rings. The third-order valence-electron chi connectivity index (χ3n) is 2.55. The van der Waals surface area contributed by atoms with E-state index in [-0.39, 0.29) is 5.75 Å². The van der Waals surface area contributed by atoms with Crippen molar-refractivity contribution in [3.05, 3.63) is 59.2 Å². The Morgan fingerprint density at radius 2 is 2.06 bits per heavy atom. The highest BCUT2D eigenvalue weighted by atomic mass is 16.3. The van der Waals surface area contributed by atoms with Gasteiger partial charge in [-0.3, -0.25) is 4.99 Å². The first-order valence-electron chi connectivity index (χ1n) is 5.59. The Kier molecular flexibility index (Phi) is 3.45. The Labute approximate surface area is 107 Å². The predicted molar refractivity (Wildman–Crippen MR) is 74.5 cm³/mol. The normalized spacial score (nSPS) is 10.4. The molecule has 0 aliphatic rings. The number of terminal acetylenes is 1. The van der Waals surface area contributed by atoms with Gasteiger partial charge in [-0.2, -0.15) is 0 Å². The van der Waals surface area contributed by atoms with Gasteiger partial charge in [-0.15, -0.1) is 6.42 Å². The topological polar surface area (TPSA) is 32.6 Å². The van der Waals surface area contributed by atoms with Crippen molar-refractivity contribution in [2.24, 2.45) is 4.99 Å². The zero-order chi connectivity index (χ0) is 13.0. The molecule has 0 heterocycles. The average molecular weight is 235 g/mol. The summed E-state index contributed by atoms with van der Waals surface area (Å²) in [5.41, 5.74) is 3.33. The number of hydrogen-bond donors (Lipinski definition) is 1. The van der Waals surface area contributed by atoms with Crippen LogP contribution < -0.4 is 0 Å². The van der Waals surface area contributed by atoms with Gasteiger partial charge in [0.1, 0.15) is 5.75 Å². The lowest BCUT2D eigenvalue weighted by Gasteiger charge is -2.00. The minimum Gasteiger partial charge on any atom is -0.507 e. The number of nitrogens with zero attached hydrogens (tertiary/aromatic N) is 1. The van der Waals surface area contributed by atoms with E-state index in [1.807, 2.05) is 43.3 Å². The number of aromatic hydroxyl groups is 1. The van der Waals surface area contributed by atoms with Gasteiger partial charge in [-0.05, 0) is 37.3 Å². The summed E-state index contributed by atoms with van der Waals surface area (Å²) in [6.07, 6.45) is 6.96. The Morgan fingerprint density at radius 3 is 2.83 bits per heavy atom. The van der Waals surface area contributed by atoms with E-state index in [1.54, 1.807) is 12.3 Å². The molecule has 0 aliphatic carbocycles. The van der Waals surface area contributed by atoms with E-state index in [0.29, 0.717) is 5.56 Å². The molecule has 0 radical (unpaired) electrons. The SMILES string of the molecule is C#Cc1cccc(N=Cc2cc(C)ccc2O)c1. The van der Waals surface area contributed by atoms with Crippen LogP contribution in [-0.4, -0.2) is 11.3 Å². The van der Waals surface area contributed by atoms with Gasteiger partial charge in [-0.25, -0.2) is 0 Å². The standard InChI is InChI=1S/C16H13NO/c1-3-13-5-4-6-15(10-13)17-11-14-9-12(2)7-8-16(14)18/h1,4-11,18H,2H3. The van der Waals surface area contributed by atoms with Crippen LogP contribution in [0.2, 0.25) is 0 Å². The molecule has 2 nitrogen and oxygen atoms in total. The molecule has 0 amide bonds. The summed E-state index contributed by atoms with van der Waals surface area (Å²) in [5.74, 6) is 2.78. The third kappa shape index (κ3) is 2.78. The third-order valence-corrected chi connectivity index (χ3v) is 2.55. The van der Waals surface area contributed by atoms with E-state index in [0.717, 1.165) is 16.8 Å². The van der Waals surface area contributed by atoms with E-state index in [1.165, 1.54) is 0 Å². The van der Waals surface area contributed by atoms with Crippen LogP contribution in [-0.2, 0) is 0 Å². The average Bonchev–Trinajstić information content (AvgIpc) is 2.40. The molecule has 0 spiro atoms. The minimum atomic E-state index is 0.220. The summed E-state index contributed by atoms with van der Waals surface area (Å²) in [6.45, 7) is 1.97. The molecule has 1 N–H and O–H groups in total. The number of phenols is 1. The molecule has 2 aromatic carbocycles. The first-order valence-corrected chi connectivity index (χ1v) is 5.59. The summed E-state index contributed by atoms with van der Waals surface area (Å²) in [6, 6.07) is 12.8. The molecule has 0 atom stereocenters. The van der Waals surface area contributed by atoms with Crippen LogP contribution in [0.1, 0.15) is 16.7 Å². The highest BCUT2D eigenvalue weighted by Gasteiger charge is 1.98. The number of benzene rings is 2. The minimum absolute atomic E-state index is 0.220. The number of aryl methyl sites for hydroxylation is 1. The summed E-state index contributed by atoms with van der Waals surface area (Å²) in [5, 5.41) is 9.69. The van der Waals surface area contributed by atoms with Crippen LogP contribution >= 0.6 is 0 Å². The predicted octanol–water partition coefficient (Wildman–Crippen LogP) is 3.43. The fourth-order valence-electron chi connectivity index (χ4n) is 1.60. The molecule has 88 valence electrons. The van der Waals surface area contributed by atoms with Crippen molar-refractivity contribution < 1.29 is 5.11 Å². The van der Waals surface area contributed by atoms with Gasteiger partial charge in [0.25, 0.3) is 0 Å². The van der Waals surface area contributed by atoms with Crippen LogP contribution in [0.15, 0.2) is 47.5 Å². The van der Waals surface area contributed by atoms with Gasteiger partial charge < -0.3 is 5.11 Å². The van der Waals surface area contributed by atoms with Crippen molar-refractivity contribution in [3.8, 4) is 18.1 Å².